The number of carboxylic acid groups (broad SMARTS) is 1. The van der Waals surface area contributed by atoms with E-state index in [-0.39, 0.29) is 0 Å². The maximum atomic E-state index is 12.5. The summed E-state index contributed by atoms with van der Waals surface area (Å²) in [7, 11) is 0. The van der Waals surface area contributed by atoms with E-state index in [0.717, 1.165) is 57.3 Å². The summed E-state index contributed by atoms with van der Waals surface area (Å²) in [6, 6.07) is 24.4. The van der Waals surface area contributed by atoms with Gasteiger partial charge in [0.05, 0.1) is 16.6 Å². The Kier molecular flexibility index (Phi) is 6.33. The molecular weight excluding hydrogens is 476 g/mol. The first-order chi connectivity index (χ1) is 18.6. The molecule has 1 aliphatic carbocycles. The van der Waals surface area contributed by atoms with Gasteiger partial charge in [-0.1, -0.05) is 49.6 Å². The number of carbonyl (C=O) groups is 2. The van der Waals surface area contributed by atoms with Crippen molar-refractivity contribution >= 4 is 33.8 Å². The number of amides is 1. The van der Waals surface area contributed by atoms with Gasteiger partial charge in [0.15, 0.2) is 0 Å². The van der Waals surface area contributed by atoms with E-state index in [2.05, 4.69) is 40.2 Å². The van der Waals surface area contributed by atoms with Gasteiger partial charge < -0.3 is 15.0 Å². The molecule has 0 bridgehead atoms. The number of nitrogens with zero attached hydrogens (tertiary/aromatic N) is 3. The third kappa shape index (κ3) is 4.63. The van der Waals surface area contributed by atoms with Crippen molar-refractivity contribution in [1.29, 1.82) is 0 Å². The van der Waals surface area contributed by atoms with Crippen LogP contribution in [0.3, 0.4) is 0 Å². The van der Waals surface area contributed by atoms with Gasteiger partial charge >= 0.3 is 5.97 Å². The molecule has 7 nitrogen and oxygen atoms in total. The van der Waals surface area contributed by atoms with E-state index in [1.165, 1.54) is 19.3 Å². The monoisotopic (exact) mass is 504 g/mol. The molecule has 0 radical (unpaired) electrons. The minimum absolute atomic E-state index is 0.333. The molecule has 1 saturated carbocycles. The summed E-state index contributed by atoms with van der Waals surface area (Å²) >= 11 is 0. The number of hydrogen-bond acceptors (Lipinski definition) is 4. The third-order valence-electron chi connectivity index (χ3n) is 7.34. The number of aromatic nitrogens is 3. The lowest BCUT2D eigenvalue weighted by Gasteiger charge is -2.25. The van der Waals surface area contributed by atoms with E-state index >= 15 is 0 Å². The molecule has 6 rings (SSSR count). The van der Waals surface area contributed by atoms with Crippen molar-refractivity contribution in [3.63, 3.8) is 0 Å². The van der Waals surface area contributed by atoms with Gasteiger partial charge in [-0.25, -0.2) is 4.98 Å². The van der Waals surface area contributed by atoms with Gasteiger partial charge in [-0.15, -0.1) is 0 Å². The molecular formula is C31H28N4O3. The molecule has 0 unspecified atom stereocenters. The van der Waals surface area contributed by atoms with Crippen molar-refractivity contribution in [3.05, 3.63) is 84.6 Å². The highest BCUT2D eigenvalue weighted by atomic mass is 16.4. The Morgan fingerprint density at radius 3 is 2.45 bits per heavy atom. The lowest BCUT2D eigenvalue weighted by molar-refractivity contribution is -0.135. The SMILES string of the molecule is O=C(O)CNC(=O)c1ccc2c(c1)nc(-c1ccc3ncc(-c4ccccc4)cc3c1)n2C1CCCCC1. The largest absolute Gasteiger partial charge is 0.480 e. The van der Waals surface area contributed by atoms with Crippen LogP contribution in [0, 0.1) is 0 Å². The molecule has 1 fully saturated rings. The Bertz CT molecular complexity index is 1650. The second kappa shape index (κ2) is 10.1. The maximum absolute atomic E-state index is 12.5. The average molecular weight is 505 g/mol. The van der Waals surface area contributed by atoms with Crippen LogP contribution in [0.5, 0.6) is 0 Å². The fourth-order valence-corrected chi connectivity index (χ4v) is 5.47. The Labute approximate surface area is 220 Å². The van der Waals surface area contributed by atoms with Crippen molar-refractivity contribution in [2.45, 2.75) is 38.1 Å². The zero-order chi connectivity index (χ0) is 26.1. The molecule has 0 aliphatic heterocycles. The van der Waals surface area contributed by atoms with Crippen LogP contribution >= 0.6 is 0 Å². The highest BCUT2D eigenvalue weighted by Gasteiger charge is 2.23. The summed E-state index contributed by atoms with van der Waals surface area (Å²) in [4.78, 5) is 33.1. The van der Waals surface area contributed by atoms with Gasteiger partial charge in [-0.3, -0.25) is 14.6 Å². The molecule has 5 aromatic rings. The van der Waals surface area contributed by atoms with E-state index < -0.39 is 18.4 Å². The molecule has 190 valence electrons. The number of hydrogen-bond donors (Lipinski definition) is 2. The fraction of sp³-hybridized carbons (Fsp3) is 0.226. The van der Waals surface area contributed by atoms with E-state index in [1.54, 1.807) is 12.1 Å². The lowest BCUT2D eigenvalue weighted by Crippen LogP contribution is -2.29. The summed E-state index contributed by atoms with van der Waals surface area (Å²) in [5, 5.41) is 12.4. The first-order valence-electron chi connectivity index (χ1n) is 13.0. The first-order valence-corrected chi connectivity index (χ1v) is 13.0. The number of imidazole rings is 1. The van der Waals surface area contributed by atoms with E-state index in [0.29, 0.717) is 11.6 Å². The first kappa shape index (κ1) is 23.9. The summed E-state index contributed by atoms with van der Waals surface area (Å²) in [5.74, 6) is -0.625. The van der Waals surface area contributed by atoms with Crippen molar-refractivity contribution in [2.24, 2.45) is 0 Å². The zero-order valence-electron chi connectivity index (χ0n) is 20.9. The van der Waals surface area contributed by atoms with Crippen LogP contribution in [0.25, 0.3) is 44.5 Å². The van der Waals surface area contributed by atoms with Gasteiger partial charge in [-0.2, -0.15) is 0 Å². The standard InChI is InChI=1S/C31H28N4O3/c36-29(37)19-33-31(38)22-12-14-28-27(17-22)34-30(35(28)25-9-5-2-6-10-25)21-11-13-26-23(15-21)16-24(18-32-26)20-7-3-1-4-8-20/h1,3-4,7-8,11-18,25H,2,5-6,9-10,19H2,(H,33,38)(H,36,37). The number of rotatable bonds is 6. The lowest BCUT2D eigenvalue weighted by atomic mass is 9.94. The number of aliphatic carboxylic acids is 1. The smallest absolute Gasteiger partial charge is 0.322 e. The van der Waals surface area contributed by atoms with Crippen LogP contribution in [0.2, 0.25) is 0 Å². The van der Waals surface area contributed by atoms with Crippen LogP contribution in [0.4, 0.5) is 0 Å². The molecule has 3 aromatic carbocycles. The molecule has 0 saturated heterocycles. The Hall–Kier alpha value is -4.52. The van der Waals surface area contributed by atoms with Gasteiger partial charge in [0, 0.05) is 34.3 Å². The average Bonchev–Trinajstić information content (AvgIpc) is 3.35. The maximum Gasteiger partial charge on any atom is 0.322 e. The van der Waals surface area contributed by atoms with Gasteiger partial charge in [-0.05, 0) is 60.9 Å². The number of pyridine rings is 1. The second-order valence-corrected chi connectivity index (χ2v) is 9.87. The van der Waals surface area contributed by atoms with Gasteiger partial charge in [0.25, 0.3) is 5.91 Å². The molecule has 0 spiro atoms. The van der Waals surface area contributed by atoms with Crippen LogP contribution in [0.15, 0.2) is 79.0 Å². The van der Waals surface area contributed by atoms with Gasteiger partial charge in [0.1, 0.15) is 12.4 Å². The minimum atomic E-state index is -1.08. The fourth-order valence-electron chi connectivity index (χ4n) is 5.47. The number of carbonyl (C=O) groups excluding carboxylic acids is 1. The third-order valence-corrected chi connectivity index (χ3v) is 7.34. The number of fused-ring (bicyclic) bond motifs is 2. The summed E-state index contributed by atoms with van der Waals surface area (Å²) in [6.07, 6.45) is 7.70. The summed E-state index contributed by atoms with van der Waals surface area (Å²) < 4.78 is 2.34. The molecule has 2 N–H and O–H groups in total. The highest BCUT2D eigenvalue weighted by Crippen LogP contribution is 2.37. The Morgan fingerprint density at radius 2 is 1.66 bits per heavy atom. The molecule has 0 atom stereocenters. The van der Waals surface area contributed by atoms with Crippen molar-refractivity contribution in [2.75, 3.05) is 6.54 Å². The summed E-state index contributed by atoms with van der Waals surface area (Å²) in [6.45, 7) is -0.422. The zero-order valence-corrected chi connectivity index (χ0v) is 20.9. The Balaban J connectivity index is 1.46. The Morgan fingerprint density at radius 1 is 0.868 bits per heavy atom. The molecule has 2 heterocycles. The predicted molar refractivity (Wildman–Crippen MR) is 148 cm³/mol. The van der Waals surface area contributed by atoms with Gasteiger partial charge in [0.2, 0.25) is 0 Å². The van der Waals surface area contributed by atoms with E-state index in [4.69, 9.17) is 15.1 Å². The molecule has 1 aliphatic rings. The number of benzene rings is 3. The normalized spacial score (nSPS) is 14.1. The van der Waals surface area contributed by atoms with Crippen molar-refractivity contribution in [3.8, 4) is 22.5 Å². The number of nitrogens with one attached hydrogen (secondary N) is 1. The van der Waals surface area contributed by atoms with Crippen LogP contribution in [-0.2, 0) is 4.79 Å². The number of carboxylic acids is 1. The quantitative estimate of drug-likeness (QED) is 0.285. The molecule has 38 heavy (non-hydrogen) atoms. The highest BCUT2D eigenvalue weighted by molar-refractivity contribution is 5.99. The van der Waals surface area contributed by atoms with Crippen molar-refractivity contribution in [1.82, 2.24) is 19.9 Å². The molecule has 2 aromatic heterocycles. The van der Waals surface area contributed by atoms with Crippen LogP contribution in [-0.4, -0.2) is 38.1 Å². The topological polar surface area (TPSA) is 97.1 Å². The molecule has 1 amide bonds. The van der Waals surface area contributed by atoms with E-state index in [1.807, 2.05) is 36.5 Å². The van der Waals surface area contributed by atoms with E-state index in [9.17, 15) is 9.59 Å². The predicted octanol–water partition coefficient (Wildman–Crippen LogP) is 6.24. The summed E-state index contributed by atoms with van der Waals surface area (Å²) in [5.41, 5.74) is 6.22. The minimum Gasteiger partial charge on any atom is -0.480 e. The second-order valence-electron chi connectivity index (χ2n) is 9.87. The van der Waals surface area contributed by atoms with Crippen LogP contribution in [0.1, 0.15) is 48.5 Å². The van der Waals surface area contributed by atoms with Crippen molar-refractivity contribution < 1.29 is 14.7 Å². The molecule has 7 heteroatoms. The van der Waals surface area contributed by atoms with Crippen LogP contribution < -0.4 is 5.32 Å².